The molecule has 1 aromatic heterocycles. The molecule has 0 aromatic carbocycles. The van der Waals surface area contributed by atoms with E-state index in [1.165, 1.54) is 37.7 Å². The summed E-state index contributed by atoms with van der Waals surface area (Å²) in [4.78, 5) is 21.2. The molecule has 0 spiro atoms. The lowest BCUT2D eigenvalue weighted by Crippen LogP contribution is -2.38. The molecule has 0 aliphatic carbocycles. The lowest BCUT2D eigenvalue weighted by atomic mass is 9.95. The highest BCUT2D eigenvalue weighted by molar-refractivity contribution is 5.74. The fourth-order valence-corrected chi connectivity index (χ4v) is 3.85. The fraction of sp³-hybridized carbons (Fsp3) is 0.667. The number of amides is 1. The number of pyridine rings is 1. The van der Waals surface area contributed by atoms with Gasteiger partial charge in [0.25, 0.3) is 0 Å². The van der Waals surface area contributed by atoms with Crippen LogP contribution in [0.2, 0.25) is 0 Å². The summed E-state index contributed by atoms with van der Waals surface area (Å²) < 4.78 is 0. The molecule has 1 aromatic rings. The Balaban J connectivity index is 1.90. The molecule has 0 N–H and O–H groups in total. The van der Waals surface area contributed by atoms with Crippen molar-refractivity contribution in [2.75, 3.05) is 24.5 Å². The zero-order valence-electron chi connectivity index (χ0n) is 13.6. The van der Waals surface area contributed by atoms with Crippen molar-refractivity contribution in [2.45, 2.75) is 57.9 Å². The highest BCUT2D eigenvalue weighted by Crippen LogP contribution is 2.36. The van der Waals surface area contributed by atoms with E-state index in [-0.39, 0.29) is 11.9 Å². The van der Waals surface area contributed by atoms with Crippen molar-refractivity contribution in [3.63, 3.8) is 0 Å². The maximum Gasteiger partial charge on any atom is 0.219 e. The molecule has 1 atom stereocenters. The summed E-state index contributed by atoms with van der Waals surface area (Å²) >= 11 is 0. The molecule has 4 heteroatoms. The van der Waals surface area contributed by atoms with Crippen LogP contribution in [-0.2, 0) is 4.79 Å². The number of anilines is 1. The molecule has 120 valence electrons. The van der Waals surface area contributed by atoms with Crippen LogP contribution in [0.1, 0.15) is 63.5 Å². The minimum atomic E-state index is 0.190. The first-order valence-corrected chi connectivity index (χ1v) is 8.74. The van der Waals surface area contributed by atoms with E-state index in [4.69, 9.17) is 4.98 Å². The number of aromatic nitrogens is 1. The third-order valence-corrected chi connectivity index (χ3v) is 4.99. The summed E-state index contributed by atoms with van der Waals surface area (Å²) in [7, 11) is 0. The van der Waals surface area contributed by atoms with Crippen LogP contribution in [0.4, 0.5) is 5.82 Å². The topological polar surface area (TPSA) is 36.4 Å². The predicted molar refractivity (Wildman–Crippen MR) is 88.9 cm³/mol. The molecule has 2 aliphatic heterocycles. The van der Waals surface area contributed by atoms with E-state index in [1.54, 1.807) is 6.92 Å². The molecule has 4 nitrogen and oxygen atoms in total. The number of likely N-dealkylation sites (tertiary alicyclic amines) is 1. The minimum Gasteiger partial charge on any atom is -0.356 e. The van der Waals surface area contributed by atoms with Gasteiger partial charge in [0.2, 0.25) is 5.91 Å². The Morgan fingerprint density at radius 3 is 2.55 bits per heavy atom. The monoisotopic (exact) mass is 301 g/mol. The summed E-state index contributed by atoms with van der Waals surface area (Å²) in [5, 5.41) is 0. The van der Waals surface area contributed by atoms with E-state index < -0.39 is 0 Å². The first kappa shape index (κ1) is 15.3. The number of carbonyl (C=O) groups excluding carboxylic acids is 1. The Bertz CT molecular complexity index is 509. The van der Waals surface area contributed by atoms with E-state index >= 15 is 0 Å². The fourth-order valence-electron chi connectivity index (χ4n) is 3.85. The van der Waals surface area contributed by atoms with Gasteiger partial charge >= 0.3 is 0 Å². The predicted octanol–water partition coefficient (Wildman–Crippen LogP) is 3.54. The maximum atomic E-state index is 12.0. The van der Waals surface area contributed by atoms with Crippen molar-refractivity contribution < 1.29 is 4.79 Å². The van der Waals surface area contributed by atoms with Crippen LogP contribution in [0, 0.1) is 0 Å². The number of piperidine rings is 1. The number of hydrogen-bond acceptors (Lipinski definition) is 3. The molecule has 3 rings (SSSR count). The van der Waals surface area contributed by atoms with Crippen molar-refractivity contribution in [2.24, 2.45) is 0 Å². The largest absolute Gasteiger partial charge is 0.356 e. The van der Waals surface area contributed by atoms with Crippen LogP contribution >= 0.6 is 0 Å². The van der Waals surface area contributed by atoms with Gasteiger partial charge in [-0.3, -0.25) is 4.79 Å². The standard InChI is InChI=1S/C18H27N3O/c1-15(22)21-14-7-4-10-17(21)16-9-8-11-19-18(16)20-12-5-2-3-6-13-20/h8-9,11,17H,2-7,10,12-14H2,1H3/t17-/m1/s1. The molecule has 3 heterocycles. The van der Waals surface area contributed by atoms with Gasteiger partial charge in [-0.2, -0.15) is 0 Å². The number of nitrogens with zero attached hydrogens (tertiary/aromatic N) is 3. The van der Waals surface area contributed by atoms with Crippen LogP contribution in [0.3, 0.4) is 0 Å². The Labute approximate surface area is 133 Å². The first-order chi connectivity index (χ1) is 10.8. The van der Waals surface area contributed by atoms with E-state index in [0.717, 1.165) is 38.3 Å². The van der Waals surface area contributed by atoms with Crippen molar-refractivity contribution in [3.8, 4) is 0 Å². The molecular weight excluding hydrogens is 274 g/mol. The molecule has 2 saturated heterocycles. The molecule has 0 bridgehead atoms. The van der Waals surface area contributed by atoms with Crippen LogP contribution < -0.4 is 4.90 Å². The van der Waals surface area contributed by atoms with Crippen LogP contribution in [0.25, 0.3) is 0 Å². The van der Waals surface area contributed by atoms with E-state index in [9.17, 15) is 4.79 Å². The van der Waals surface area contributed by atoms with Gasteiger partial charge < -0.3 is 9.80 Å². The minimum absolute atomic E-state index is 0.190. The summed E-state index contributed by atoms with van der Waals surface area (Å²) in [6.07, 6.45) is 10.4. The summed E-state index contributed by atoms with van der Waals surface area (Å²) in [5.41, 5.74) is 1.25. The summed E-state index contributed by atoms with van der Waals surface area (Å²) in [6.45, 7) is 4.77. The van der Waals surface area contributed by atoms with E-state index in [2.05, 4.69) is 11.0 Å². The van der Waals surface area contributed by atoms with Gasteiger partial charge in [0, 0.05) is 38.3 Å². The van der Waals surface area contributed by atoms with Crippen molar-refractivity contribution in [1.82, 2.24) is 9.88 Å². The molecule has 0 unspecified atom stereocenters. The van der Waals surface area contributed by atoms with Gasteiger partial charge in [0.1, 0.15) is 5.82 Å². The number of rotatable bonds is 2. The highest BCUT2D eigenvalue weighted by atomic mass is 16.2. The number of carbonyl (C=O) groups is 1. The molecule has 1 amide bonds. The SMILES string of the molecule is CC(=O)N1CCCC[C@@H]1c1cccnc1N1CCCCCC1. The van der Waals surface area contributed by atoms with Gasteiger partial charge in [0.05, 0.1) is 6.04 Å². The zero-order chi connectivity index (χ0) is 15.4. The second kappa shape index (κ2) is 7.12. The molecule has 0 saturated carbocycles. The lowest BCUT2D eigenvalue weighted by molar-refractivity contribution is -0.132. The van der Waals surface area contributed by atoms with Crippen LogP contribution in [-0.4, -0.2) is 35.4 Å². The zero-order valence-corrected chi connectivity index (χ0v) is 13.6. The quantitative estimate of drug-likeness (QED) is 0.838. The van der Waals surface area contributed by atoms with Crippen LogP contribution in [0.15, 0.2) is 18.3 Å². The van der Waals surface area contributed by atoms with Gasteiger partial charge in [-0.15, -0.1) is 0 Å². The molecular formula is C18H27N3O. The van der Waals surface area contributed by atoms with Gasteiger partial charge in [0.15, 0.2) is 0 Å². The van der Waals surface area contributed by atoms with Crippen molar-refractivity contribution in [1.29, 1.82) is 0 Å². The number of hydrogen-bond donors (Lipinski definition) is 0. The maximum absolute atomic E-state index is 12.0. The van der Waals surface area contributed by atoms with Crippen molar-refractivity contribution in [3.05, 3.63) is 23.9 Å². The van der Waals surface area contributed by atoms with Gasteiger partial charge in [-0.1, -0.05) is 18.9 Å². The lowest BCUT2D eigenvalue weighted by Gasteiger charge is -2.37. The Hall–Kier alpha value is -1.58. The van der Waals surface area contributed by atoms with E-state index in [0.29, 0.717) is 0 Å². The third kappa shape index (κ3) is 3.26. The Morgan fingerprint density at radius 2 is 1.82 bits per heavy atom. The average molecular weight is 301 g/mol. The van der Waals surface area contributed by atoms with Crippen molar-refractivity contribution >= 4 is 11.7 Å². The molecule has 2 aliphatic rings. The average Bonchev–Trinajstić information content (AvgIpc) is 2.84. The third-order valence-electron chi connectivity index (χ3n) is 4.99. The normalized spacial score (nSPS) is 23.2. The molecule has 22 heavy (non-hydrogen) atoms. The Kier molecular flexibility index (Phi) is 4.96. The Morgan fingerprint density at radius 1 is 1.09 bits per heavy atom. The van der Waals surface area contributed by atoms with E-state index in [1.807, 2.05) is 17.2 Å². The first-order valence-electron chi connectivity index (χ1n) is 8.74. The summed E-state index contributed by atoms with van der Waals surface area (Å²) in [5.74, 6) is 1.30. The second-order valence-corrected chi connectivity index (χ2v) is 6.54. The van der Waals surface area contributed by atoms with Gasteiger partial charge in [-0.05, 0) is 38.2 Å². The molecule has 2 fully saturated rings. The van der Waals surface area contributed by atoms with Crippen LogP contribution in [0.5, 0.6) is 0 Å². The van der Waals surface area contributed by atoms with Gasteiger partial charge in [-0.25, -0.2) is 4.98 Å². The molecule has 0 radical (unpaired) electrons. The smallest absolute Gasteiger partial charge is 0.219 e. The summed E-state index contributed by atoms with van der Waals surface area (Å²) in [6, 6.07) is 4.40. The highest BCUT2D eigenvalue weighted by Gasteiger charge is 2.29. The second-order valence-electron chi connectivity index (χ2n) is 6.54.